The van der Waals surface area contributed by atoms with E-state index in [-0.39, 0.29) is 6.04 Å². The van der Waals surface area contributed by atoms with Crippen molar-refractivity contribution in [3.63, 3.8) is 0 Å². The number of hydrogen-bond donors (Lipinski definition) is 2. The standard InChI is InChI=1S/C11H16N2OS/c1-13(11(12)14)10(8-15)7-9-5-3-2-4-6-9/h2-6,10,15H,7-8H2,1H3,(H2,12,14). The van der Waals surface area contributed by atoms with Crippen LogP contribution < -0.4 is 5.73 Å². The van der Waals surface area contributed by atoms with E-state index in [9.17, 15) is 4.79 Å². The molecule has 0 aromatic heterocycles. The van der Waals surface area contributed by atoms with Gasteiger partial charge < -0.3 is 10.6 Å². The van der Waals surface area contributed by atoms with E-state index in [0.29, 0.717) is 5.75 Å². The first-order chi connectivity index (χ1) is 7.15. The van der Waals surface area contributed by atoms with Gasteiger partial charge in [-0.15, -0.1) is 0 Å². The first kappa shape index (κ1) is 11.9. The van der Waals surface area contributed by atoms with Gasteiger partial charge in [-0.25, -0.2) is 4.79 Å². The van der Waals surface area contributed by atoms with Crippen molar-refractivity contribution in [2.75, 3.05) is 12.8 Å². The lowest BCUT2D eigenvalue weighted by Crippen LogP contribution is -2.42. The van der Waals surface area contributed by atoms with Crippen LogP contribution in [0.4, 0.5) is 4.79 Å². The van der Waals surface area contributed by atoms with Gasteiger partial charge in [0.05, 0.1) is 0 Å². The number of thiol groups is 1. The van der Waals surface area contributed by atoms with Gasteiger partial charge in [-0.2, -0.15) is 12.6 Å². The number of rotatable bonds is 4. The van der Waals surface area contributed by atoms with E-state index < -0.39 is 6.03 Å². The molecule has 0 saturated heterocycles. The second-order valence-corrected chi connectivity index (χ2v) is 3.84. The molecule has 82 valence electrons. The van der Waals surface area contributed by atoms with Crippen LogP contribution >= 0.6 is 12.6 Å². The molecule has 0 radical (unpaired) electrons. The van der Waals surface area contributed by atoms with Crippen molar-refractivity contribution in [3.8, 4) is 0 Å². The summed E-state index contributed by atoms with van der Waals surface area (Å²) >= 11 is 4.23. The molecule has 0 heterocycles. The molecule has 2 amide bonds. The van der Waals surface area contributed by atoms with Gasteiger partial charge in [0.15, 0.2) is 0 Å². The van der Waals surface area contributed by atoms with Crippen LogP contribution in [0.5, 0.6) is 0 Å². The van der Waals surface area contributed by atoms with Gasteiger partial charge >= 0.3 is 6.03 Å². The monoisotopic (exact) mass is 224 g/mol. The van der Waals surface area contributed by atoms with E-state index in [1.165, 1.54) is 10.5 Å². The molecule has 0 bridgehead atoms. The maximum atomic E-state index is 11.0. The smallest absolute Gasteiger partial charge is 0.314 e. The van der Waals surface area contributed by atoms with Crippen molar-refractivity contribution in [2.45, 2.75) is 12.5 Å². The Hall–Kier alpha value is -1.16. The first-order valence-corrected chi connectivity index (χ1v) is 5.45. The van der Waals surface area contributed by atoms with Gasteiger partial charge in [-0.1, -0.05) is 30.3 Å². The van der Waals surface area contributed by atoms with E-state index >= 15 is 0 Å². The number of likely N-dealkylation sites (N-methyl/N-ethyl adjacent to an activating group) is 1. The fourth-order valence-corrected chi connectivity index (χ4v) is 1.76. The maximum absolute atomic E-state index is 11.0. The third-order valence-corrected chi connectivity index (χ3v) is 2.84. The Balaban J connectivity index is 2.66. The zero-order valence-corrected chi connectivity index (χ0v) is 9.65. The molecule has 2 N–H and O–H groups in total. The Morgan fingerprint density at radius 3 is 2.53 bits per heavy atom. The molecule has 0 aliphatic rings. The van der Waals surface area contributed by atoms with Gasteiger partial charge in [0.25, 0.3) is 0 Å². The number of primary amides is 1. The second-order valence-electron chi connectivity index (χ2n) is 3.48. The summed E-state index contributed by atoms with van der Waals surface area (Å²) in [7, 11) is 1.70. The summed E-state index contributed by atoms with van der Waals surface area (Å²) < 4.78 is 0. The number of benzene rings is 1. The first-order valence-electron chi connectivity index (χ1n) is 4.82. The number of urea groups is 1. The molecule has 4 heteroatoms. The Morgan fingerprint density at radius 2 is 2.07 bits per heavy atom. The molecule has 3 nitrogen and oxygen atoms in total. The van der Waals surface area contributed by atoms with Crippen LogP contribution in [0.3, 0.4) is 0 Å². The molecule has 0 spiro atoms. The fourth-order valence-electron chi connectivity index (χ4n) is 1.39. The average Bonchev–Trinajstić information content (AvgIpc) is 2.26. The molecule has 1 atom stereocenters. The van der Waals surface area contributed by atoms with Crippen LogP contribution in [0.2, 0.25) is 0 Å². The van der Waals surface area contributed by atoms with Crippen LogP contribution in [0.25, 0.3) is 0 Å². The van der Waals surface area contributed by atoms with E-state index in [2.05, 4.69) is 12.6 Å². The lowest BCUT2D eigenvalue weighted by atomic mass is 10.1. The molecule has 15 heavy (non-hydrogen) atoms. The molecule has 0 fully saturated rings. The highest BCUT2D eigenvalue weighted by atomic mass is 32.1. The Morgan fingerprint density at radius 1 is 1.47 bits per heavy atom. The summed E-state index contributed by atoms with van der Waals surface area (Å²) in [4.78, 5) is 12.5. The molecule has 0 aliphatic carbocycles. The summed E-state index contributed by atoms with van der Waals surface area (Å²) in [5.41, 5.74) is 6.40. The number of nitrogens with zero attached hydrogens (tertiary/aromatic N) is 1. The predicted molar refractivity (Wildman–Crippen MR) is 65.1 cm³/mol. The lowest BCUT2D eigenvalue weighted by molar-refractivity contribution is 0.204. The number of carbonyl (C=O) groups is 1. The summed E-state index contributed by atoms with van der Waals surface area (Å²) in [5, 5.41) is 0. The summed E-state index contributed by atoms with van der Waals surface area (Å²) in [6.45, 7) is 0. The molecular weight excluding hydrogens is 208 g/mol. The second kappa shape index (κ2) is 5.66. The van der Waals surface area contributed by atoms with Gasteiger partial charge in [0.2, 0.25) is 0 Å². The normalized spacial score (nSPS) is 12.1. The van der Waals surface area contributed by atoms with Crippen LogP contribution in [-0.4, -0.2) is 29.8 Å². The molecule has 1 aromatic rings. The molecule has 0 saturated carbocycles. The molecule has 1 unspecified atom stereocenters. The highest BCUT2D eigenvalue weighted by Crippen LogP contribution is 2.08. The SMILES string of the molecule is CN(C(N)=O)C(CS)Cc1ccccc1. The number of hydrogen-bond acceptors (Lipinski definition) is 2. The third-order valence-electron chi connectivity index (χ3n) is 2.42. The van der Waals surface area contributed by atoms with Crippen molar-refractivity contribution >= 4 is 18.7 Å². The van der Waals surface area contributed by atoms with Crippen molar-refractivity contribution in [1.82, 2.24) is 4.90 Å². The minimum atomic E-state index is -0.412. The highest BCUT2D eigenvalue weighted by Gasteiger charge is 2.16. The van der Waals surface area contributed by atoms with E-state index in [4.69, 9.17) is 5.73 Å². The number of nitrogens with two attached hydrogens (primary N) is 1. The topological polar surface area (TPSA) is 46.3 Å². The van der Waals surface area contributed by atoms with Crippen molar-refractivity contribution < 1.29 is 4.79 Å². The van der Waals surface area contributed by atoms with Crippen LogP contribution in [0.15, 0.2) is 30.3 Å². The Labute approximate surface area is 95.7 Å². The van der Waals surface area contributed by atoms with Crippen LogP contribution in [0.1, 0.15) is 5.56 Å². The predicted octanol–water partition coefficient (Wildman–Crippen LogP) is 1.54. The highest BCUT2D eigenvalue weighted by molar-refractivity contribution is 7.80. The summed E-state index contributed by atoms with van der Waals surface area (Å²) in [6.07, 6.45) is 0.782. The Kier molecular flexibility index (Phi) is 4.49. The van der Waals surface area contributed by atoms with Gasteiger partial charge in [0, 0.05) is 18.8 Å². The van der Waals surface area contributed by atoms with Crippen molar-refractivity contribution in [1.29, 1.82) is 0 Å². The Bertz CT molecular complexity index is 316. The van der Waals surface area contributed by atoms with E-state index in [1.807, 2.05) is 30.3 Å². The zero-order chi connectivity index (χ0) is 11.3. The summed E-state index contributed by atoms with van der Waals surface area (Å²) in [5.74, 6) is 0.605. The molecule has 0 aliphatic heterocycles. The van der Waals surface area contributed by atoms with Crippen molar-refractivity contribution in [2.24, 2.45) is 5.73 Å². The number of carbonyl (C=O) groups excluding carboxylic acids is 1. The van der Waals surface area contributed by atoms with Crippen LogP contribution in [-0.2, 0) is 6.42 Å². The van der Waals surface area contributed by atoms with E-state index in [1.54, 1.807) is 7.05 Å². The molecule has 1 aromatic carbocycles. The van der Waals surface area contributed by atoms with Gasteiger partial charge in [-0.05, 0) is 12.0 Å². The molecular formula is C11H16N2OS. The summed E-state index contributed by atoms with van der Waals surface area (Å²) in [6, 6.07) is 9.64. The van der Waals surface area contributed by atoms with E-state index in [0.717, 1.165) is 6.42 Å². The van der Waals surface area contributed by atoms with Gasteiger partial charge in [0.1, 0.15) is 0 Å². The zero-order valence-electron chi connectivity index (χ0n) is 8.76. The fraction of sp³-hybridized carbons (Fsp3) is 0.364. The lowest BCUT2D eigenvalue weighted by Gasteiger charge is -2.25. The molecule has 1 rings (SSSR count). The minimum absolute atomic E-state index is 0.0493. The third kappa shape index (κ3) is 3.47. The van der Waals surface area contributed by atoms with Gasteiger partial charge in [-0.3, -0.25) is 0 Å². The number of amides is 2. The van der Waals surface area contributed by atoms with Crippen molar-refractivity contribution in [3.05, 3.63) is 35.9 Å². The quantitative estimate of drug-likeness (QED) is 0.749. The maximum Gasteiger partial charge on any atom is 0.314 e. The largest absolute Gasteiger partial charge is 0.351 e. The average molecular weight is 224 g/mol. The van der Waals surface area contributed by atoms with Crippen LogP contribution in [0, 0.1) is 0 Å². The minimum Gasteiger partial charge on any atom is -0.351 e.